The van der Waals surface area contributed by atoms with E-state index in [4.69, 9.17) is 5.11 Å². The SMILES string of the molecule is CCCCCCC=C[C@H]1CCC[C@@H]1CCCCC(C)(C)CC(=O)O. The quantitative estimate of drug-likeness (QED) is 0.290. The fraction of sp³-hybridized carbons (Fsp3) is 0.864. The number of carbonyl (C=O) groups is 1. The van der Waals surface area contributed by atoms with E-state index in [0.717, 1.165) is 18.3 Å². The first kappa shape index (κ1) is 21.3. The Morgan fingerprint density at radius 3 is 2.62 bits per heavy atom. The highest BCUT2D eigenvalue weighted by atomic mass is 16.4. The molecule has 0 radical (unpaired) electrons. The van der Waals surface area contributed by atoms with Crippen molar-refractivity contribution in [2.45, 2.75) is 104 Å². The van der Waals surface area contributed by atoms with Crippen molar-refractivity contribution < 1.29 is 9.90 Å². The van der Waals surface area contributed by atoms with E-state index in [2.05, 4.69) is 32.9 Å². The topological polar surface area (TPSA) is 37.3 Å². The molecular formula is C22H40O2. The smallest absolute Gasteiger partial charge is 0.303 e. The number of rotatable bonds is 13. The average Bonchev–Trinajstić information content (AvgIpc) is 2.93. The zero-order chi connectivity index (χ0) is 17.8. The molecule has 0 aromatic heterocycles. The predicted octanol–water partition coefficient (Wildman–Crippen LogP) is 6.99. The second kappa shape index (κ2) is 11.7. The van der Waals surface area contributed by atoms with Crippen LogP contribution < -0.4 is 0 Å². The molecule has 1 saturated carbocycles. The van der Waals surface area contributed by atoms with Crippen molar-refractivity contribution in [1.82, 2.24) is 0 Å². The highest BCUT2D eigenvalue weighted by Crippen LogP contribution is 2.37. The van der Waals surface area contributed by atoms with E-state index in [1.165, 1.54) is 70.6 Å². The molecule has 0 aromatic carbocycles. The molecule has 1 rings (SSSR count). The molecule has 24 heavy (non-hydrogen) atoms. The summed E-state index contributed by atoms with van der Waals surface area (Å²) >= 11 is 0. The van der Waals surface area contributed by atoms with Crippen LogP contribution in [-0.4, -0.2) is 11.1 Å². The minimum atomic E-state index is -0.667. The molecule has 0 bridgehead atoms. The van der Waals surface area contributed by atoms with E-state index in [1.54, 1.807) is 0 Å². The van der Waals surface area contributed by atoms with Gasteiger partial charge in [-0.15, -0.1) is 0 Å². The molecule has 0 heterocycles. The van der Waals surface area contributed by atoms with Crippen LogP contribution in [-0.2, 0) is 4.79 Å². The summed E-state index contributed by atoms with van der Waals surface area (Å²) in [6.45, 7) is 6.43. The fourth-order valence-electron chi connectivity index (χ4n) is 4.15. The first-order valence-corrected chi connectivity index (χ1v) is 10.3. The third-order valence-corrected chi connectivity index (χ3v) is 5.63. The van der Waals surface area contributed by atoms with Crippen molar-refractivity contribution >= 4 is 5.97 Å². The average molecular weight is 337 g/mol. The molecule has 2 heteroatoms. The van der Waals surface area contributed by atoms with Gasteiger partial charge in [-0.25, -0.2) is 0 Å². The van der Waals surface area contributed by atoms with Crippen LogP contribution in [0.25, 0.3) is 0 Å². The number of aliphatic carboxylic acids is 1. The second-order valence-corrected chi connectivity index (χ2v) is 8.61. The molecule has 0 unspecified atom stereocenters. The van der Waals surface area contributed by atoms with Crippen LogP contribution in [0.1, 0.15) is 104 Å². The van der Waals surface area contributed by atoms with Gasteiger partial charge in [0, 0.05) is 0 Å². The monoisotopic (exact) mass is 336 g/mol. The Labute approximate surface area is 150 Å². The third-order valence-electron chi connectivity index (χ3n) is 5.63. The number of allylic oxidation sites excluding steroid dienone is 2. The molecule has 0 saturated heterocycles. The van der Waals surface area contributed by atoms with Gasteiger partial charge in [-0.3, -0.25) is 4.79 Å². The van der Waals surface area contributed by atoms with Crippen LogP contribution in [0.2, 0.25) is 0 Å². The Balaban J connectivity index is 2.19. The summed E-state index contributed by atoms with van der Waals surface area (Å²) in [4.78, 5) is 10.9. The third kappa shape index (κ3) is 9.49. The van der Waals surface area contributed by atoms with Gasteiger partial charge in [0.2, 0.25) is 0 Å². The van der Waals surface area contributed by atoms with Gasteiger partial charge in [-0.1, -0.05) is 71.4 Å². The van der Waals surface area contributed by atoms with Crippen molar-refractivity contribution in [3.63, 3.8) is 0 Å². The van der Waals surface area contributed by atoms with Crippen molar-refractivity contribution in [2.24, 2.45) is 17.3 Å². The maximum absolute atomic E-state index is 10.9. The molecule has 1 aliphatic carbocycles. The predicted molar refractivity (Wildman–Crippen MR) is 103 cm³/mol. The number of hydrogen-bond donors (Lipinski definition) is 1. The summed E-state index contributed by atoms with van der Waals surface area (Å²) in [5.74, 6) is 1.02. The highest BCUT2D eigenvalue weighted by molar-refractivity contribution is 5.67. The molecule has 1 N–H and O–H groups in total. The van der Waals surface area contributed by atoms with Gasteiger partial charge in [0.05, 0.1) is 6.42 Å². The number of hydrogen-bond acceptors (Lipinski definition) is 1. The lowest BCUT2D eigenvalue weighted by molar-refractivity contribution is -0.139. The van der Waals surface area contributed by atoms with E-state index in [-0.39, 0.29) is 5.41 Å². The summed E-state index contributed by atoms with van der Waals surface area (Å²) < 4.78 is 0. The highest BCUT2D eigenvalue weighted by Gasteiger charge is 2.25. The summed E-state index contributed by atoms with van der Waals surface area (Å²) in [6.07, 6.45) is 20.9. The standard InChI is InChI=1S/C22H40O2/c1-4-5-6-7-8-9-13-19-15-12-16-20(19)14-10-11-17-22(2,3)18-21(23)24/h9,13,19-20H,4-8,10-12,14-18H2,1-3H3,(H,23,24)/t19-,20-/m0/s1. The Bertz CT molecular complexity index is 370. The Hall–Kier alpha value is -0.790. The fourth-order valence-corrected chi connectivity index (χ4v) is 4.15. The maximum atomic E-state index is 10.9. The summed E-state index contributed by atoms with van der Waals surface area (Å²) in [5.41, 5.74) is -0.0562. The molecule has 2 atom stereocenters. The normalized spacial score (nSPS) is 21.6. The zero-order valence-electron chi connectivity index (χ0n) is 16.4. The molecule has 0 aromatic rings. The molecule has 0 aliphatic heterocycles. The van der Waals surface area contributed by atoms with Gasteiger partial charge >= 0.3 is 5.97 Å². The number of carboxylic acid groups (broad SMARTS) is 1. The van der Waals surface area contributed by atoms with Crippen LogP contribution >= 0.6 is 0 Å². The Morgan fingerprint density at radius 1 is 1.12 bits per heavy atom. The van der Waals surface area contributed by atoms with E-state index in [9.17, 15) is 4.79 Å². The molecule has 2 nitrogen and oxygen atoms in total. The lowest BCUT2D eigenvalue weighted by Crippen LogP contribution is -2.16. The summed E-state index contributed by atoms with van der Waals surface area (Å²) in [7, 11) is 0. The molecule has 140 valence electrons. The van der Waals surface area contributed by atoms with E-state index in [0.29, 0.717) is 6.42 Å². The molecule has 1 fully saturated rings. The minimum Gasteiger partial charge on any atom is -0.481 e. The minimum absolute atomic E-state index is 0.0562. The van der Waals surface area contributed by atoms with Crippen molar-refractivity contribution in [1.29, 1.82) is 0 Å². The van der Waals surface area contributed by atoms with Crippen molar-refractivity contribution in [3.05, 3.63) is 12.2 Å². The van der Waals surface area contributed by atoms with Gasteiger partial charge in [0.15, 0.2) is 0 Å². The summed E-state index contributed by atoms with van der Waals surface area (Å²) in [6, 6.07) is 0. The van der Waals surface area contributed by atoms with Crippen LogP contribution in [0.4, 0.5) is 0 Å². The van der Waals surface area contributed by atoms with Gasteiger partial charge in [0.25, 0.3) is 0 Å². The molecule has 0 spiro atoms. The molecular weight excluding hydrogens is 296 g/mol. The van der Waals surface area contributed by atoms with E-state index < -0.39 is 5.97 Å². The van der Waals surface area contributed by atoms with Gasteiger partial charge in [-0.05, 0) is 55.8 Å². The van der Waals surface area contributed by atoms with Gasteiger partial charge in [-0.2, -0.15) is 0 Å². The van der Waals surface area contributed by atoms with Crippen LogP contribution in [0.3, 0.4) is 0 Å². The first-order valence-electron chi connectivity index (χ1n) is 10.3. The molecule has 1 aliphatic rings. The largest absolute Gasteiger partial charge is 0.481 e. The molecule has 0 amide bonds. The van der Waals surface area contributed by atoms with Crippen molar-refractivity contribution in [2.75, 3.05) is 0 Å². The number of unbranched alkanes of at least 4 members (excludes halogenated alkanes) is 5. The van der Waals surface area contributed by atoms with E-state index in [1.807, 2.05) is 0 Å². The first-order chi connectivity index (χ1) is 11.4. The lowest BCUT2D eigenvalue weighted by Gasteiger charge is -2.23. The maximum Gasteiger partial charge on any atom is 0.303 e. The zero-order valence-corrected chi connectivity index (χ0v) is 16.4. The number of carboxylic acids is 1. The lowest BCUT2D eigenvalue weighted by atomic mass is 9.82. The second-order valence-electron chi connectivity index (χ2n) is 8.61. The van der Waals surface area contributed by atoms with E-state index >= 15 is 0 Å². The van der Waals surface area contributed by atoms with Crippen molar-refractivity contribution in [3.8, 4) is 0 Å². The Morgan fingerprint density at radius 2 is 1.92 bits per heavy atom. The van der Waals surface area contributed by atoms with Gasteiger partial charge in [0.1, 0.15) is 0 Å². The van der Waals surface area contributed by atoms with Crippen LogP contribution in [0, 0.1) is 17.3 Å². The van der Waals surface area contributed by atoms with Crippen LogP contribution in [0.5, 0.6) is 0 Å². The van der Waals surface area contributed by atoms with Gasteiger partial charge < -0.3 is 5.11 Å². The van der Waals surface area contributed by atoms with Crippen LogP contribution in [0.15, 0.2) is 12.2 Å². The Kier molecular flexibility index (Phi) is 10.4. The summed E-state index contributed by atoms with van der Waals surface area (Å²) in [5, 5.41) is 8.96.